The molecule has 2 rings (SSSR count). The summed E-state index contributed by atoms with van der Waals surface area (Å²) in [6.07, 6.45) is 4.46. The smallest absolute Gasteiger partial charge is 0.305 e. The maximum Gasteiger partial charge on any atom is 0.305 e. The normalized spacial score (nSPS) is 19.0. The van der Waals surface area contributed by atoms with Crippen LogP contribution in [0.25, 0.3) is 0 Å². The van der Waals surface area contributed by atoms with Gasteiger partial charge in [0.15, 0.2) is 5.71 Å². The Kier molecular flexibility index (Phi) is 7.39. The van der Waals surface area contributed by atoms with Gasteiger partial charge in [-0.05, 0) is 32.8 Å². The molecule has 156 valence electrons. The Labute approximate surface area is 168 Å². The number of fused-ring (bicyclic) bond motifs is 1. The minimum absolute atomic E-state index is 0.136. The number of carbonyl (C=O) groups is 1. The lowest BCUT2D eigenvalue weighted by Gasteiger charge is -2.22. The minimum Gasteiger partial charge on any atom is -0.748 e. The molecule has 6 nitrogen and oxygen atoms in total. The van der Waals surface area contributed by atoms with Crippen LogP contribution in [-0.2, 0) is 25.1 Å². The van der Waals surface area contributed by atoms with Gasteiger partial charge in [-0.25, -0.2) is 8.42 Å². The quantitative estimate of drug-likeness (QED) is 0.256. The van der Waals surface area contributed by atoms with Crippen molar-refractivity contribution in [3.05, 3.63) is 29.3 Å². The van der Waals surface area contributed by atoms with Crippen molar-refractivity contribution in [2.24, 2.45) is 0 Å². The Morgan fingerprint density at radius 2 is 1.89 bits per heavy atom. The van der Waals surface area contributed by atoms with E-state index >= 15 is 0 Å². The van der Waals surface area contributed by atoms with Gasteiger partial charge in [0.2, 0.25) is 5.69 Å². The molecule has 0 radical (unpaired) electrons. The Balaban J connectivity index is 2.15. The number of nitrogens with zero attached hydrogens (tertiary/aromatic N) is 1. The summed E-state index contributed by atoms with van der Waals surface area (Å²) in [5.74, 6) is -0.516. The standard InChI is InChI=1S/C21H31NO5S/c1-16-10-11-19-18(15-16)21(3,12-7-5-6-9-20(23)27-4)17(2)22(19)13-8-14-28(24,25)26/h10-11,15H,5-9,12-14H2,1-4H3. The van der Waals surface area contributed by atoms with E-state index in [0.29, 0.717) is 19.4 Å². The molecule has 0 amide bonds. The van der Waals surface area contributed by atoms with Gasteiger partial charge in [0.25, 0.3) is 0 Å². The molecule has 1 aliphatic rings. The third-order valence-electron chi connectivity index (χ3n) is 5.80. The Morgan fingerprint density at radius 3 is 2.54 bits per heavy atom. The summed E-state index contributed by atoms with van der Waals surface area (Å²) in [5.41, 5.74) is 4.59. The van der Waals surface area contributed by atoms with Crippen LogP contribution in [0.3, 0.4) is 0 Å². The summed E-state index contributed by atoms with van der Waals surface area (Å²) >= 11 is 0. The van der Waals surface area contributed by atoms with Crippen LogP contribution >= 0.6 is 0 Å². The van der Waals surface area contributed by atoms with E-state index in [1.165, 1.54) is 23.9 Å². The van der Waals surface area contributed by atoms with Crippen LogP contribution < -0.4 is 0 Å². The molecule has 0 aromatic heterocycles. The van der Waals surface area contributed by atoms with Gasteiger partial charge in [0.1, 0.15) is 6.54 Å². The molecule has 1 aromatic rings. The van der Waals surface area contributed by atoms with Crippen molar-refractivity contribution in [1.29, 1.82) is 0 Å². The zero-order valence-electron chi connectivity index (χ0n) is 17.3. The van der Waals surface area contributed by atoms with Crippen molar-refractivity contribution < 1.29 is 27.1 Å². The molecule has 0 saturated carbocycles. The summed E-state index contributed by atoms with van der Waals surface area (Å²) in [6, 6.07) is 6.35. The first-order chi connectivity index (χ1) is 13.1. The van der Waals surface area contributed by atoms with Crippen LogP contribution in [-0.4, -0.2) is 48.6 Å². The minimum atomic E-state index is -4.20. The average molecular weight is 410 g/mol. The number of methoxy groups -OCH3 is 1. The monoisotopic (exact) mass is 409 g/mol. The summed E-state index contributed by atoms with van der Waals surface area (Å²) in [5, 5.41) is 0. The van der Waals surface area contributed by atoms with E-state index in [0.717, 1.165) is 31.4 Å². The second-order valence-corrected chi connectivity index (χ2v) is 9.37. The Bertz CT molecular complexity index is 860. The van der Waals surface area contributed by atoms with E-state index in [4.69, 9.17) is 0 Å². The molecule has 7 heteroatoms. The molecule has 0 spiro atoms. The summed E-state index contributed by atoms with van der Waals surface area (Å²) in [6.45, 7) is 6.90. The largest absolute Gasteiger partial charge is 0.748 e. The fourth-order valence-corrected chi connectivity index (χ4v) is 4.51. The maximum absolute atomic E-state index is 11.3. The third-order valence-corrected chi connectivity index (χ3v) is 6.59. The highest BCUT2D eigenvalue weighted by molar-refractivity contribution is 7.85. The second kappa shape index (κ2) is 9.18. The molecule has 28 heavy (non-hydrogen) atoms. The van der Waals surface area contributed by atoms with Crippen LogP contribution in [0, 0.1) is 6.92 Å². The highest BCUT2D eigenvalue weighted by Crippen LogP contribution is 2.43. The fraction of sp³-hybridized carbons (Fsp3) is 0.619. The van der Waals surface area contributed by atoms with Crippen LogP contribution in [0.5, 0.6) is 0 Å². The van der Waals surface area contributed by atoms with Crippen molar-refractivity contribution in [2.45, 2.75) is 64.7 Å². The summed E-state index contributed by atoms with van der Waals surface area (Å²) < 4.78 is 39.7. The van der Waals surface area contributed by atoms with Gasteiger partial charge in [-0.2, -0.15) is 4.58 Å². The van der Waals surface area contributed by atoms with Crippen molar-refractivity contribution >= 4 is 27.5 Å². The summed E-state index contributed by atoms with van der Waals surface area (Å²) in [4.78, 5) is 11.3. The molecule has 1 heterocycles. The zero-order valence-corrected chi connectivity index (χ0v) is 18.1. The van der Waals surface area contributed by atoms with Gasteiger partial charge >= 0.3 is 5.97 Å². The van der Waals surface area contributed by atoms with E-state index in [9.17, 15) is 17.8 Å². The van der Waals surface area contributed by atoms with Gasteiger partial charge < -0.3 is 9.29 Å². The molecule has 0 aliphatic carbocycles. The molecular weight excluding hydrogens is 378 g/mol. The first-order valence-electron chi connectivity index (χ1n) is 9.81. The molecule has 1 aliphatic heterocycles. The number of aryl methyl sites for hydroxylation is 1. The van der Waals surface area contributed by atoms with Crippen molar-refractivity contribution in [2.75, 3.05) is 19.4 Å². The number of benzene rings is 1. The van der Waals surface area contributed by atoms with Crippen molar-refractivity contribution in [3.63, 3.8) is 0 Å². The van der Waals surface area contributed by atoms with Gasteiger partial charge in [-0.3, -0.25) is 4.79 Å². The predicted molar refractivity (Wildman–Crippen MR) is 108 cm³/mol. The number of ether oxygens (including phenoxy) is 1. The first-order valence-corrected chi connectivity index (χ1v) is 11.4. The molecule has 1 unspecified atom stereocenters. The van der Waals surface area contributed by atoms with Crippen LogP contribution in [0.15, 0.2) is 18.2 Å². The molecule has 0 fully saturated rings. The van der Waals surface area contributed by atoms with Gasteiger partial charge in [0, 0.05) is 37.1 Å². The van der Waals surface area contributed by atoms with E-state index in [2.05, 4.69) is 48.3 Å². The average Bonchev–Trinajstić information content (AvgIpc) is 2.82. The maximum atomic E-state index is 11.3. The summed E-state index contributed by atoms with van der Waals surface area (Å²) in [7, 11) is -2.79. The third kappa shape index (κ3) is 5.41. The predicted octanol–water partition coefficient (Wildman–Crippen LogP) is 3.43. The van der Waals surface area contributed by atoms with E-state index in [-0.39, 0.29) is 17.1 Å². The topological polar surface area (TPSA) is 86.5 Å². The number of rotatable bonds is 10. The molecule has 0 bridgehead atoms. The Hall–Kier alpha value is -1.73. The van der Waals surface area contributed by atoms with Gasteiger partial charge in [0.05, 0.1) is 22.6 Å². The van der Waals surface area contributed by atoms with E-state index in [1.807, 2.05) is 0 Å². The zero-order chi connectivity index (χ0) is 20.9. The first kappa shape index (κ1) is 22.6. The number of carbonyl (C=O) groups excluding carboxylic acids is 1. The van der Waals surface area contributed by atoms with Crippen LogP contribution in [0.4, 0.5) is 5.69 Å². The highest BCUT2D eigenvalue weighted by atomic mass is 32.2. The number of hydrogen-bond donors (Lipinski definition) is 0. The number of unbranched alkanes of at least 4 members (excludes halogenated alkanes) is 2. The lowest BCUT2D eigenvalue weighted by molar-refractivity contribution is -0.438. The van der Waals surface area contributed by atoms with E-state index in [1.54, 1.807) is 0 Å². The van der Waals surface area contributed by atoms with Crippen molar-refractivity contribution in [1.82, 2.24) is 0 Å². The van der Waals surface area contributed by atoms with Gasteiger partial charge in [-0.15, -0.1) is 0 Å². The molecule has 0 saturated heterocycles. The fourth-order valence-electron chi connectivity index (χ4n) is 4.03. The van der Waals surface area contributed by atoms with Crippen LogP contribution in [0.2, 0.25) is 0 Å². The Morgan fingerprint density at radius 1 is 1.18 bits per heavy atom. The molecular formula is C21H31NO5S. The lowest BCUT2D eigenvalue weighted by Crippen LogP contribution is -2.30. The second-order valence-electron chi connectivity index (χ2n) is 7.84. The molecule has 0 N–H and O–H groups in total. The highest BCUT2D eigenvalue weighted by Gasteiger charge is 2.45. The lowest BCUT2D eigenvalue weighted by atomic mass is 9.75. The SMILES string of the molecule is COC(=O)CCCCCC1(C)C(C)=[N+](CCCS(=O)(=O)[O-])c2ccc(C)cc21. The molecule has 1 atom stereocenters. The van der Waals surface area contributed by atoms with E-state index < -0.39 is 10.1 Å². The number of esters is 1. The number of hydrogen-bond acceptors (Lipinski definition) is 5. The van der Waals surface area contributed by atoms with Crippen molar-refractivity contribution in [3.8, 4) is 0 Å². The molecule has 1 aromatic carbocycles. The van der Waals surface area contributed by atoms with Crippen LogP contribution in [0.1, 0.15) is 63.5 Å². The van der Waals surface area contributed by atoms with Gasteiger partial charge in [-0.1, -0.05) is 24.5 Å².